The lowest BCUT2D eigenvalue weighted by Crippen LogP contribution is -2.38. The number of amides is 1. The van der Waals surface area contributed by atoms with Gasteiger partial charge in [0, 0.05) is 6.54 Å². The first-order valence-corrected chi connectivity index (χ1v) is 6.83. The molecule has 1 heterocycles. The first kappa shape index (κ1) is 13.9. The van der Waals surface area contributed by atoms with Crippen molar-refractivity contribution in [3.05, 3.63) is 29.8 Å². The first-order valence-electron chi connectivity index (χ1n) is 6.83. The van der Waals surface area contributed by atoms with Gasteiger partial charge in [-0.05, 0) is 36.5 Å². The lowest BCUT2D eigenvalue weighted by Gasteiger charge is -2.25. The Labute approximate surface area is 114 Å². The molecular formula is C15H21NO3. The number of carbonyl (C=O) groups excluding carboxylic acids is 1. The number of nitrogens with zero attached hydrogens (tertiary/aromatic N) is 1. The molecule has 19 heavy (non-hydrogen) atoms. The number of hydrogen-bond acceptors (Lipinski definition) is 3. The second-order valence-electron chi connectivity index (χ2n) is 5.05. The van der Waals surface area contributed by atoms with Crippen molar-refractivity contribution in [2.45, 2.75) is 32.6 Å². The molecule has 1 fully saturated rings. The zero-order valence-electron chi connectivity index (χ0n) is 11.6. The minimum atomic E-state index is -0.116. The molecule has 1 aliphatic heterocycles. The molecule has 2 rings (SSSR count). The SMILES string of the molecule is CC(C)c1cccc(OCC(=O)N2CCCCO2)c1. The van der Waals surface area contributed by atoms with Crippen LogP contribution < -0.4 is 4.74 Å². The number of rotatable bonds is 4. The summed E-state index contributed by atoms with van der Waals surface area (Å²) in [7, 11) is 0. The maximum atomic E-state index is 11.9. The average Bonchev–Trinajstić information content (AvgIpc) is 2.46. The zero-order valence-corrected chi connectivity index (χ0v) is 11.6. The molecule has 1 aromatic carbocycles. The standard InChI is InChI=1S/C15H21NO3/c1-12(2)13-6-5-7-14(10-13)18-11-15(17)16-8-3-4-9-19-16/h5-7,10,12H,3-4,8-9,11H2,1-2H3. The minimum absolute atomic E-state index is 0.0293. The van der Waals surface area contributed by atoms with Crippen molar-refractivity contribution < 1.29 is 14.4 Å². The van der Waals surface area contributed by atoms with Crippen molar-refractivity contribution in [2.75, 3.05) is 19.8 Å². The van der Waals surface area contributed by atoms with E-state index in [4.69, 9.17) is 9.57 Å². The molecular weight excluding hydrogens is 242 g/mol. The Hall–Kier alpha value is -1.55. The maximum Gasteiger partial charge on any atom is 0.283 e. The van der Waals surface area contributed by atoms with Crippen molar-refractivity contribution >= 4 is 5.91 Å². The van der Waals surface area contributed by atoms with Crippen LogP contribution in [0.15, 0.2) is 24.3 Å². The van der Waals surface area contributed by atoms with Gasteiger partial charge in [-0.15, -0.1) is 0 Å². The van der Waals surface area contributed by atoms with Crippen molar-refractivity contribution in [3.8, 4) is 5.75 Å². The molecule has 0 bridgehead atoms. The highest BCUT2D eigenvalue weighted by atomic mass is 16.7. The molecule has 0 saturated carbocycles. The topological polar surface area (TPSA) is 38.8 Å². The van der Waals surface area contributed by atoms with Crippen LogP contribution in [0.2, 0.25) is 0 Å². The normalized spacial score (nSPS) is 15.6. The van der Waals surface area contributed by atoms with E-state index >= 15 is 0 Å². The van der Waals surface area contributed by atoms with Gasteiger partial charge in [-0.2, -0.15) is 0 Å². The lowest BCUT2D eigenvalue weighted by atomic mass is 10.0. The summed E-state index contributed by atoms with van der Waals surface area (Å²) in [6, 6.07) is 7.87. The summed E-state index contributed by atoms with van der Waals surface area (Å²) in [5, 5.41) is 1.41. The van der Waals surface area contributed by atoms with Gasteiger partial charge in [-0.1, -0.05) is 26.0 Å². The molecule has 4 heteroatoms. The highest BCUT2D eigenvalue weighted by Gasteiger charge is 2.18. The quantitative estimate of drug-likeness (QED) is 0.838. The fraction of sp³-hybridized carbons (Fsp3) is 0.533. The fourth-order valence-electron chi connectivity index (χ4n) is 1.97. The molecule has 0 atom stereocenters. The van der Waals surface area contributed by atoms with E-state index in [1.165, 1.54) is 10.6 Å². The van der Waals surface area contributed by atoms with Gasteiger partial charge in [0.1, 0.15) is 5.75 Å². The van der Waals surface area contributed by atoms with Crippen molar-refractivity contribution in [1.29, 1.82) is 0 Å². The second kappa shape index (κ2) is 6.57. The Balaban J connectivity index is 1.87. The summed E-state index contributed by atoms with van der Waals surface area (Å²) < 4.78 is 5.54. The smallest absolute Gasteiger partial charge is 0.283 e. The Morgan fingerprint density at radius 2 is 2.26 bits per heavy atom. The van der Waals surface area contributed by atoms with Crippen molar-refractivity contribution in [3.63, 3.8) is 0 Å². The molecule has 0 N–H and O–H groups in total. The Morgan fingerprint density at radius 3 is 2.95 bits per heavy atom. The van der Waals surface area contributed by atoms with Gasteiger partial charge in [0.2, 0.25) is 0 Å². The Bertz CT molecular complexity index is 425. The predicted octanol–water partition coefficient (Wildman–Crippen LogP) is 2.74. The van der Waals surface area contributed by atoms with Crippen LogP contribution >= 0.6 is 0 Å². The molecule has 0 aliphatic carbocycles. The largest absolute Gasteiger partial charge is 0.484 e. The van der Waals surface area contributed by atoms with Crippen LogP contribution in [0.5, 0.6) is 5.75 Å². The fourth-order valence-corrected chi connectivity index (χ4v) is 1.97. The van der Waals surface area contributed by atoms with E-state index < -0.39 is 0 Å². The monoisotopic (exact) mass is 263 g/mol. The van der Waals surface area contributed by atoms with E-state index in [1.807, 2.05) is 18.2 Å². The van der Waals surface area contributed by atoms with Gasteiger partial charge in [-0.3, -0.25) is 9.63 Å². The summed E-state index contributed by atoms with van der Waals surface area (Å²) in [4.78, 5) is 17.2. The summed E-state index contributed by atoms with van der Waals surface area (Å²) >= 11 is 0. The Kier molecular flexibility index (Phi) is 4.80. The van der Waals surface area contributed by atoms with Crippen LogP contribution in [0.4, 0.5) is 0 Å². The van der Waals surface area contributed by atoms with Gasteiger partial charge in [0.15, 0.2) is 6.61 Å². The lowest BCUT2D eigenvalue weighted by molar-refractivity contribution is -0.198. The van der Waals surface area contributed by atoms with E-state index in [0.717, 1.165) is 18.6 Å². The molecule has 1 saturated heterocycles. The van der Waals surface area contributed by atoms with Gasteiger partial charge in [0.25, 0.3) is 5.91 Å². The van der Waals surface area contributed by atoms with Gasteiger partial charge < -0.3 is 4.74 Å². The maximum absolute atomic E-state index is 11.9. The molecule has 1 aliphatic rings. The third-order valence-corrected chi connectivity index (χ3v) is 3.17. The van der Waals surface area contributed by atoms with E-state index in [0.29, 0.717) is 19.1 Å². The minimum Gasteiger partial charge on any atom is -0.484 e. The number of hydrogen-bond donors (Lipinski definition) is 0. The molecule has 0 radical (unpaired) electrons. The molecule has 1 aromatic rings. The van der Waals surface area contributed by atoms with Crippen molar-refractivity contribution in [2.24, 2.45) is 0 Å². The van der Waals surface area contributed by atoms with E-state index in [-0.39, 0.29) is 12.5 Å². The molecule has 1 amide bonds. The molecule has 0 unspecified atom stereocenters. The highest BCUT2D eigenvalue weighted by Crippen LogP contribution is 2.20. The third kappa shape index (κ3) is 3.96. The second-order valence-corrected chi connectivity index (χ2v) is 5.05. The summed E-state index contributed by atoms with van der Waals surface area (Å²) in [6.07, 6.45) is 2.01. The van der Waals surface area contributed by atoms with Crippen LogP contribution in [-0.4, -0.2) is 30.7 Å². The third-order valence-electron chi connectivity index (χ3n) is 3.17. The summed E-state index contributed by atoms with van der Waals surface area (Å²) in [5.74, 6) is 1.07. The molecule has 104 valence electrons. The summed E-state index contributed by atoms with van der Waals surface area (Å²) in [6.45, 7) is 5.57. The Morgan fingerprint density at radius 1 is 1.42 bits per heavy atom. The molecule has 4 nitrogen and oxygen atoms in total. The van der Waals surface area contributed by atoms with E-state index in [1.54, 1.807) is 0 Å². The van der Waals surface area contributed by atoms with E-state index in [9.17, 15) is 4.79 Å². The number of hydroxylamine groups is 2. The number of ether oxygens (including phenoxy) is 1. The van der Waals surface area contributed by atoms with Crippen LogP contribution in [-0.2, 0) is 9.63 Å². The first-order chi connectivity index (χ1) is 9.16. The van der Waals surface area contributed by atoms with Gasteiger partial charge in [-0.25, -0.2) is 5.06 Å². The summed E-state index contributed by atoms with van der Waals surface area (Å²) in [5.41, 5.74) is 1.21. The van der Waals surface area contributed by atoms with Crippen LogP contribution in [0, 0.1) is 0 Å². The molecule has 0 spiro atoms. The average molecular weight is 263 g/mol. The highest BCUT2D eigenvalue weighted by molar-refractivity contribution is 5.76. The van der Waals surface area contributed by atoms with Gasteiger partial charge >= 0.3 is 0 Å². The van der Waals surface area contributed by atoms with Gasteiger partial charge in [0.05, 0.1) is 6.61 Å². The predicted molar refractivity (Wildman–Crippen MR) is 72.9 cm³/mol. The van der Waals surface area contributed by atoms with Crippen molar-refractivity contribution in [1.82, 2.24) is 5.06 Å². The van der Waals surface area contributed by atoms with E-state index in [2.05, 4.69) is 19.9 Å². The number of carbonyl (C=O) groups is 1. The van der Waals surface area contributed by atoms with Crippen LogP contribution in [0.3, 0.4) is 0 Å². The molecule has 0 aromatic heterocycles. The number of benzene rings is 1. The van der Waals surface area contributed by atoms with Crippen LogP contribution in [0.25, 0.3) is 0 Å². The van der Waals surface area contributed by atoms with Crippen LogP contribution in [0.1, 0.15) is 38.2 Å². The zero-order chi connectivity index (χ0) is 13.7.